The summed E-state index contributed by atoms with van der Waals surface area (Å²) >= 11 is 0. The quantitative estimate of drug-likeness (QED) is 0.496. The molecule has 0 aromatic rings. The van der Waals surface area contributed by atoms with E-state index in [2.05, 4.69) is 4.74 Å². The van der Waals surface area contributed by atoms with Gasteiger partial charge in [0.05, 0.1) is 0 Å². The molecule has 70 valence electrons. The first-order valence-corrected chi connectivity index (χ1v) is 2.36. The average molecular weight is 193 g/mol. The molecule has 0 saturated heterocycles. The molecule has 0 aromatic heterocycles. The monoisotopic (exact) mass is 193 g/mol. The third-order valence-electron chi connectivity index (χ3n) is 0.861. The predicted molar refractivity (Wildman–Crippen MR) is 22.6 cm³/mol. The molecule has 0 heterocycles. The van der Waals surface area contributed by atoms with Gasteiger partial charge in [0.25, 0.3) is 6.26 Å². The first kappa shape index (κ1) is 10.9. The van der Waals surface area contributed by atoms with E-state index in [-0.39, 0.29) is 6.26 Å². The Morgan fingerprint density at radius 2 is 1.58 bits per heavy atom. The summed E-state index contributed by atoms with van der Waals surface area (Å²) in [5.41, 5.74) is 0. The lowest BCUT2D eigenvalue weighted by molar-refractivity contribution is -0.350. The van der Waals surface area contributed by atoms with Crippen molar-refractivity contribution in [2.75, 3.05) is 0 Å². The Morgan fingerprint density at radius 1 is 1.17 bits per heavy atom. The number of nitriles is 1. The molecule has 0 fully saturated rings. The van der Waals surface area contributed by atoms with Crippen LogP contribution in [0.2, 0.25) is 0 Å². The number of rotatable bonds is 2. The molecule has 0 aliphatic rings. The molecule has 0 amide bonds. The molecular weight excluding hydrogens is 192 g/mol. The van der Waals surface area contributed by atoms with Gasteiger partial charge in [0.1, 0.15) is 0 Å². The molecule has 0 spiro atoms. The van der Waals surface area contributed by atoms with E-state index in [9.17, 15) is 26.3 Å². The zero-order valence-corrected chi connectivity index (χ0v) is 5.20. The van der Waals surface area contributed by atoms with Crippen molar-refractivity contribution >= 4 is 0 Å². The molecule has 0 rings (SSSR count). The van der Waals surface area contributed by atoms with Gasteiger partial charge < -0.3 is 4.74 Å². The van der Waals surface area contributed by atoms with E-state index in [0.717, 1.165) is 0 Å². The van der Waals surface area contributed by atoms with Crippen molar-refractivity contribution in [2.24, 2.45) is 0 Å². The molecule has 0 bridgehead atoms. The summed E-state index contributed by atoms with van der Waals surface area (Å²) in [5.74, 6) is -5.21. The Kier molecular flexibility index (Phi) is 2.79. The fourth-order valence-corrected chi connectivity index (χ4v) is 0.293. The summed E-state index contributed by atoms with van der Waals surface area (Å²) in [7, 11) is 0. The van der Waals surface area contributed by atoms with E-state index in [4.69, 9.17) is 5.26 Å². The number of nitrogens with zero attached hydrogens (tertiary/aromatic N) is 1. The molecule has 2 nitrogen and oxygen atoms in total. The number of ether oxygens (including phenoxy) is 1. The number of alkyl halides is 6. The van der Waals surface area contributed by atoms with Crippen molar-refractivity contribution in [2.45, 2.75) is 18.5 Å². The van der Waals surface area contributed by atoms with E-state index in [1.807, 2.05) is 0 Å². The maximum absolute atomic E-state index is 12.1. The Hall–Kier alpha value is -1.13. The predicted octanol–water partition coefficient (Wildman–Crippen LogP) is 1.98. The van der Waals surface area contributed by atoms with Crippen LogP contribution in [0, 0.1) is 11.5 Å². The first-order chi connectivity index (χ1) is 5.25. The molecule has 1 atom stereocenters. The molecule has 0 radical (unpaired) electrons. The van der Waals surface area contributed by atoms with Gasteiger partial charge in [0, 0.05) is 0 Å². The molecule has 0 aromatic carbocycles. The summed E-state index contributed by atoms with van der Waals surface area (Å²) in [6, 6.07) is 0. The largest absolute Gasteiger partial charge is 0.467 e. The third-order valence-corrected chi connectivity index (χ3v) is 0.861. The highest BCUT2D eigenvalue weighted by atomic mass is 19.4. The van der Waals surface area contributed by atoms with Gasteiger partial charge in [-0.25, -0.2) is 8.78 Å². The van der Waals surface area contributed by atoms with Gasteiger partial charge in [-0.1, -0.05) is 0 Å². The van der Waals surface area contributed by atoms with Gasteiger partial charge in [0.15, 0.2) is 0 Å². The Morgan fingerprint density at radius 3 is 1.67 bits per heavy atom. The topological polar surface area (TPSA) is 33.0 Å². The van der Waals surface area contributed by atoms with Crippen LogP contribution >= 0.6 is 0 Å². The normalized spacial score (nSPS) is 16.8. The van der Waals surface area contributed by atoms with Crippen LogP contribution in [0.5, 0.6) is 0 Å². The standard InChI is InChI=1S/C4HF6NO/c5-2(6)3(7,12-1-11)4(8,9)10/h2H. The van der Waals surface area contributed by atoms with Gasteiger partial charge in [0.2, 0.25) is 0 Å². The second-order valence-corrected chi connectivity index (χ2v) is 1.64. The Bertz CT molecular complexity index is 195. The minimum absolute atomic E-state index is 0.221. The second-order valence-electron chi connectivity index (χ2n) is 1.64. The summed E-state index contributed by atoms with van der Waals surface area (Å²) in [5, 5.41) is 7.47. The molecule has 0 aliphatic heterocycles. The molecule has 12 heavy (non-hydrogen) atoms. The number of halogens is 6. The van der Waals surface area contributed by atoms with Gasteiger partial charge in [-0.15, -0.1) is 0 Å². The van der Waals surface area contributed by atoms with E-state index in [0.29, 0.717) is 0 Å². The highest BCUT2D eigenvalue weighted by molar-refractivity contribution is 4.83. The van der Waals surface area contributed by atoms with Crippen LogP contribution in [-0.2, 0) is 4.74 Å². The van der Waals surface area contributed by atoms with Crippen LogP contribution in [0.25, 0.3) is 0 Å². The SMILES string of the molecule is N#COC(F)(C(F)F)C(F)(F)F. The Labute approximate surface area is 62.3 Å². The maximum atomic E-state index is 12.1. The highest BCUT2D eigenvalue weighted by Crippen LogP contribution is 2.39. The van der Waals surface area contributed by atoms with Crippen molar-refractivity contribution in [1.82, 2.24) is 0 Å². The van der Waals surface area contributed by atoms with Crippen LogP contribution in [-0.4, -0.2) is 18.5 Å². The first-order valence-electron chi connectivity index (χ1n) is 2.36. The lowest BCUT2D eigenvalue weighted by Crippen LogP contribution is -2.48. The van der Waals surface area contributed by atoms with E-state index >= 15 is 0 Å². The molecule has 1 unspecified atom stereocenters. The lowest BCUT2D eigenvalue weighted by atomic mass is 10.3. The summed E-state index contributed by atoms with van der Waals surface area (Å²) in [6.45, 7) is 0. The number of hydrogen-bond donors (Lipinski definition) is 0. The van der Waals surface area contributed by atoms with Crippen LogP contribution in [0.1, 0.15) is 0 Å². The fraction of sp³-hybridized carbons (Fsp3) is 0.750. The van der Waals surface area contributed by atoms with Gasteiger partial charge in [-0.3, -0.25) is 0 Å². The van der Waals surface area contributed by atoms with E-state index < -0.39 is 18.5 Å². The molecule has 8 heteroatoms. The number of hydrogen-bond acceptors (Lipinski definition) is 2. The highest BCUT2D eigenvalue weighted by Gasteiger charge is 2.66. The van der Waals surface area contributed by atoms with E-state index in [1.165, 1.54) is 0 Å². The van der Waals surface area contributed by atoms with Crippen molar-refractivity contribution in [3.05, 3.63) is 0 Å². The molecule has 0 aliphatic carbocycles. The van der Waals surface area contributed by atoms with Crippen molar-refractivity contribution in [3.63, 3.8) is 0 Å². The maximum Gasteiger partial charge on any atom is 0.467 e. The molecular formula is C4HF6NO. The van der Waals surface area contributed by atoms with Crippen molar-refractivity contribution < 1.29 is 31.1 Å². The van der Waals surface area contributed by atoms with Crippen LogP contribution in [0.3, 0.4) is 0 Å². The minimum atomic E-state index is -5.93. The minimum Gasteiger partial charge on any atom is -0.372 e. The van der Waals surface area contributed by atoms with Crippen LogP contribution in [0.15, 0.2) is 0 Å². The van der Waals surface area contributed by atoms with Gasteiger partial charge in [-0.05, 0) is 0 Å². The zero-order valence-electron chi connectivity index (χ0n) is 5.20. The van der Waals surface area contributed by atoms with Crippen molar-refractivity contribution in [1.29, 1.82) is 5.26 Å². The van der Waals surface area contributed by atoms with E-state index in [1.54, 1.807) is 0 Å². The molecule has 0 saturated carbocycles. The summed E-state index contributed by atoms with van der Waals surface area (Å²) in [4.78, 5) is 0. The summed E-state index contributed by atoms with van der Waals surface area (Å²) in [6.07, 6.45) is -10.2. The lowest BCUT2D eigenvalue weighted by Gasteiger charge is -2.22. The fourth-order valence-electron chi connectivity index (χ4n) is 0.293. The van der Waals surface area contributed by atoms with Crippen LogP contribution < -0.4 is 0 Å². The van der Waals surface area contributed by atoms with Crippen molar-refractivity contribution in [3.8, 4) is 6.26 Å². The average Bonchev–Trinajstić information content (AvgIpc) is 1.85. The van der Waals surface area contributed by atoms with Gasteiger partial charge >= 0.3 is 18.5 Å². The summed E-state index contributed by atoms with van der Waals surface area (Å²) < 4.78 is 71.7. The Balaban J connectivity index is 4.77. The van der Waals surface area contributed by atoms with Crippen LogP contribution in [0.4, 0.5) is 26.3 Å². The second kappa shape index (κ2) is 3.08. The van der Waals surface area contributed by atoms with Gasteiger partial charge in [-0.2, -0.15) is 22.8 Å². The zero-order chi connectivity index (χ0) is 9.99. The molecule has 0 N–H and O–H groups in total. The third kappa shape index (κ3) is 1.72. The smallest absolute Gasteiger partial charge is 0.372 e.